The zero-order valence-corrected chi connectivity index (χ0v) is 14.7. The summed E-state index contributed by atoms with van der Waals surface area (Å²) in [5.41, 5.74) is 1.33. The zero-order valence-electron chi connectivity index (χ0n) is 13.9. The molecular formula is C18H17N3O3S. The van der Waals surface area contributed by atoms with Crippen LogP contribution in [0.2, 0.25) is 0 Å². The van der Waals surface area contributed by atoms with Crippen LogP contribution in [0.15, 0.2) is 35.4 Å². The molecule has 0 aliphatic heterocycles. The van der Waals surface area contributed by atoms with E-state index in [1.165, 1.54) is 22.2 Å². The van der Waals surface area contributed by atoms with Crippen LogP contribution in [-0.2, 0) is 6.54 Å². The van der Waals surface area contributed by atoms with E-state index in [4.69, 9.17) is 10.00 Å². The van der Waals surface area contributed by atoms with Gasteiger partial charge in [0, 0.05) is 4.88 Å². The van der Waals surface area contributed by atoms with Gasteiger partial charge in [-0.2, -0.15) is 5.26 Å². The number of hydrogen-bond acceptors (Lipinski definition) is 6. The Balaban J connectivity index is 1.70. The molecular weight excluding hydrogens is 338 g/mol. The van der Waals surface area contributed by atoms with Gasteiger partial charge in [0.15, 0.2) is 0 Å². The van der Waals surface area contributed by atoms with Crippen molar-refractivity contribution >= 4 is 21.6 Å². The van der Waals surface area contributed by atoms with Crippen molar-refractivity contribution in [3.63, 3.8) is 0 Å². The fourth-order valence-corrected chi connectivity index (χ4v) is 3.49. The lowest BCUT2D eigenvalue weighted by Gasteiger charge is -2.14. The number of fused-ring (bicyclic) bond motifs is 1. The lowest BCUT2D eigenvalue weighted by atomic mass is 10.2. The van der Waals surface area contributed by atoms with E-state index < -0.39 is 6.10 Å². The molecule has 7 heteroatoms. The van der Waals surface area contributed by atoms with Gasteiger partial charge in [0.2, 0.25) is 0 Å². The number of hydrogen-bond donors (Lipinski definition) is 1. The van der Waals surface area contributed by atoms with E-state index >= 15 is 0 Å². The van der Waals surface area contributed by atoms with Crippen LogP contribution < -0.4 is 10.3 Å². The Labute approximate surface area is 148 Å². The number of thiophene rings is 1. The van der Waals surface area contributed by atoms with Gasteiger partial charge in [0.1, 0.15) is 23.3 Å². The summed E-state index contributed by atoms with van der Waals surface area (Å²) in [7, 11) is 0. The van der Waals surface area contributed by atoms with E-state index in [1.807, 2.05) is 19.9 Å². The van der Waals surface area contributed by atoms with E-state index in [0.717, 1.165) is 15.3 Å². The predicted molar refractivity (Wildman–Crippen MR) is 96.0 cm³/mol. The SMILES string of the molecule is Cc1sc2ncn(C[C@H](O)COc3ccc(C#N)cc3)c(=O)c2c1C. The van der Waals surface area contributed by atoms with Crippen LogP contribution in [0.4, 0.5) is 0 Å². The third-order valence-corrected chi connectivity index (χ3v) is 5.10. The molecule has 3 aromatic rings. The first kappa shape index (κ1) is 17.1. The van der Waals surface area contributed by atoms with Crippen LogP contribution in [0.5, 0.6) is 5.75 Å². The molecule has 0 unspecified atom stereocenters. The average molecular weight is 355 g/mol. The van der Waals surface area contributed by atoms with Crippen molar-refractivity contribution in [3.8, 4) is 11.8 Å². The maximum atomic E-state index is 12.6. The summed E-state index contributed by atoms with van der Waals surface area (Å²) < 4.78 is 6.91. The Morgan fingerprint density at radius 3 is 2.76 bits per heavy atom. The Kier molecular flexibility index (Phi) is 4.83. The van der Waals surface area contributed by atoms with Crippen LogP contribution >= 0.6 is 11.3 Å². The topological polar surface area (TPSA) is 88.1 Å². The fraction of sp³-hybridized carbons (Fsp3) is 0.278. The highest BCUT2D eigenvalue weighted by molar-refractivity contribution is 7.18. The minimum absolute atomic E-state index is 0.0397. The van der Waals surface area contributed by atoms with Crippen molar-refractivity contribution in [2.24, 2.45) is 0 Å². The summed E-state index contributed by atoms with van der Waals surface area (Å²) in [5, 5.41) is 19.6. The van der Waals surface area contributed by atoms with E-state index in [0.29, 0.717) is 16.7 Å². The first-order chi connectivity index (χ1) is 12.0. The summed E-state index contributed by atoms with van der Waals surface area (Å²) >= 11 is 1.50. The summed E-state index contributed by atoms with van der Waals surface area (Å²) in [6, 6.07) is 8.66. The number of rotatable bonds is 5. The smallest absolute Gasteiger partial charge is 0.262 e. The first-order valence-corrected chi connectivity index (χ1v) is 8.57. The number of aliphatic hydroxyl groups excluding tert-OH is 1. The average Bonchev–Trinajstić information content (AvgIpc) is 2.91. The van der Waals surface area contributed by atoms with Gasteiger partial charge in [0.05, 0.1) is 29.9 Å². The van der Waals surface area contributed by atoms with Gasteiger partial charge < -0.3 is 9.84 Å². The Hall–Kier alpha value is -2.69. The van der Waals surface area contributed by atoms with E-state index in [2.05, 4.69) is 4.98 Å². The maximum absolute atomic E-state index is 12.6. The maximum Gasteiger partial charge on any atom is 0.262 e. The molecule has 0 bridgehead atoms. The molecule has 0 spiro atoms. The van der Waals surface area contributed by atoms with Crippen molar-refractivity contribution in [2.45, 2.75) is 26.5 Å². The summed E-state index contributed by atoms with van der Waals surface area (Å²) in [6.07, 6.45) is 0.609. The Bertz CT molecular complexity index is 999. The second-order valence-electron chi connectivity index (χ2n) is 5.77. The molecule has 0 saturated carbocycles. The number of aromatic nitrogens is 2. The third-order valence-electron chi connectivity index (χ3n) is 3.99. The van der Waals surface area contributed by atoms with Gasteiger partial charge in [-0.05, 0) is 43.7 Å². The lowest BCUT2D eigenvalue weighted by Crippen LogP contribution is -2.30. The van der Waals surface area contributed by atoms with Crippen LogP contribution in [0.25, 0.3) is 10.2 Å². The van der Waals surface area contributed by atoms with Gasteiger partial charge in [-0.1, -0.05) is 0 Å². The molecule has 0 aliphatic carbocycles. The van der Waals surface area contributed by atoms with E-state index in [-0.39, 0.29) is 18.7 Å². The highest BCUT2D eigenvalue weighted by atomic mass is 32.1. The largest absolute Gasteiger partial charge is 0.491 e. The minimum atomic E-state index is -0.854. The van der Waals surface area contributed by atoms with Gasteiger partial charge in [-0.15, -0.1) is 11.3 Å². The van der Waals surface area contributed by atoms with Crippen molar-refractivity contribution in [2.75, 3.05) is 6.61 Å². The molecule has 6 nitrogen and oxygen atoms in total. The minimum Gasteiger partial charge on any atom is -0.491 e. The summed E-state index contributed by atoms with van der Waals surface area (Å²) in [4.78, 5) is 18.7. The molecule has 2 heterocycles. The third kappa shape index (κ3) is 3.55. The Morgan fingerprint density at radius 1 is 1.36 bits per heavy atom. The number of nitrogens with zero attached hydrogens (tertiary/aromatic N) is 3. The van der Waals surface area contributed by atoms with Gasteiger partial charge in [-0.25, -0.2) is 4.98 Å². The molecule has 0 amide bonds. The van der Waals surface area contributed by atoms with E-state index in [9.17, 15) is 9.90 Å². The molecule has 0 aliphatic rings. The lowest BCUT2D eigenvalue weighted by molar-refractivity contribution is 0.0915. The van der Waals surface area contributed by atoms with Crippen molar-refractivity contribution < 1.29 is 9.84 Å². The normalized spacial score (nSPS) is 12.1. The van der Waals surface area contributed by atoms with Crippen molar-refractivity contribution in [3.05, 3.63) is 57.0 Å². The number of nitriles is 1. The van der Waals surface area contributed by atoms with Crippen LogP contribution in [0, 0.1) is 25.2 Å². The monoisotopic (exact) mass is 355 g/mol. The molecule has 0 radical (unpaired) electrons. The number of aryl methyl sites for hydroxylation is 2. The number of benzene rings is 1. The molecule has 128 valence electrons. The molecule has 1 atom stereocenters. The zero-order chi connectivity index (χ0) is 18.0. The quantitative estimate of drug-likeness (QED) is 0.759. The molecule has 1 N–H and O–H groups in total. The predicted octanol–water partition coefficient (Wildman–Crippen LogP) is 2.39. The number of aliphatic hydroxyl groups is 1. The fourth-order valence-electron chi connectivity index (χ4n) is 2.50. The van der Waals surface area contributed by atoms with Crippen molar-refractivity contribution in [1.29, 1.82) is 5.26 Å². The van der Waals surface area contributed by atoms with Crippen LogP contribution in [-0.4, -0.2) is 27.4 Å². The molecule has 25 heavy (non-hydrogen) atoms. The molecule has 0 saturated heterocycles. The van der Waals surface area contributed by atoms with Crippen LogP contribution in [0.3, 0.4) is 0 Å². The first-order valence-electron chi connectivity index (χ1n) is 7.75. The van der Waals surface area contributed by atoms with Gasteiger partial charge in [0.25, 0.3) is 5.56 Å². The molecule has 1 aromatic carbocycles. The standard InChI is InChI=1S/C18H17N3O3S/c1-11-12(2)25-17-16(11)18(23)21(10-20-17)8-14(22)9-24-15-5-3-13(7-19)4-6-15/h3-6,10,14,22H,8-9H2,1-2H3/t14-/m0/s1. The molecule has 2 aromatic heterocycles. The highest BCUT2D eigenvalue weighted by Gasteiger charge is 2.14. The van der Waals surface area contributed by atoms with Crippen molar-refractivity contribution in [1.82, 2.24) is 9.55 Å². The van der Waals surface area contributed by atoms with Gasteiger partial charge >= 0.3 is 0 Å². The Morgan fingerprint density at radius 2 is 2.08 bits per heavy atom. The summed E-state index contributed by atoms with van der Waals surface area (Å²) in [5.74, 6) is 0.559. The van der Waals surface area contributed by atoms with Gasteiger partial charge in [-0.3, -0.25) is 9.36 Å². The molecule has 3 rings (SSSR count). The van der Waals surface area contributed by atoms with Crippen LogP contribution in [0.1, 0.15) is 16.0 Å². The molecule has 0 fully saturated rings. The number of ether oxygens (including phenoxy) is 1. The second-order valence-corrected chi connectivity index (χ2v) is 6.97. The summed E-state index contributed by atoms with van der Waals surface area (Å²) in [6.45, 7) is 4.02. The second kappa shape index (κ2) is 7.05. The van der Waals surface area contributed by atoms with E-state index in [1.54, 1.807) is 24.3 Å². The highest BCUT2D eigenvalue weighted by Crippen LogP contribution is 2.25.